The fourth-order valence-corrected chi connectivity index (χ4v) is 1.04. The Morgan fingerprint density at radius 3 is 3.17 bits per heavy atom. The quantitative estimate of drug-likeness (QED) is 0.631. The van der Waals surface area contributed by atoms with Crippen molar-refractivity contribution in [1.82, 2.24) is 4.98 Å². The number of hydrogen-bond acceptors (Lipinski definition) is 3. The van der Waals surface area contributed by atoms with E-state index in [-0.39, 0.29) is 0 Å². The first-order valence-electron chi connectivity index (χ1n) is 3.86. The SMILES string of the molecule is CCc1ncccc1COC=O. The molecule has 12 heavy (non-hydrogen) atoms. The molecule has 1 aromatic heterocycles. The first-order valence-corrected chi connectivity index (χ1v) is 3.86. The largest absolute Gasteiger partial charge is 0.463 e. The van der Waals surface area contributed by atoms with Gasteiger partial charge in [0, 0.05) is 17.5 Å². The second kappa shape index (κ2) is 4.49. The van der Waals surface area contributed by atoms with E-state index in [0.717, 1.165) is 17.7 Å². The number of carbonyl (C=O) groups is 1. The average Bonchev–Trinajstić information content (AvgIpc) is 2.15. The first kappa shape index (κ1) is 8.71. The van der Waals surface area contributed by atoms with Crippen LogP contribution in [-0.4, -0.2) is 11.5 Å². The number of pyridine rings is 1. The highest BCUT2D eigenvalue weighted by Gasteiger charge is 1.99. The third-order valence-electron chi connectivity index (χ3n) is 1.63. The van der Waals surface area contributed by atoms with Gasteiger partial charge >= 0.3 is 0 Å². The van der Waals surface area contributed by atoms with Gasteiger partial charge in [0.1, 0.15) is 6.61 Å². The minimum atomic E-state index is 0.320. The Hall–Kier alpha value is -1.38. The molecule has 0 saturated heterocycles. The van der Waals surface area contributed by atoms with Crippen LogP contribution in [-0.2, 0) is 22.6 Å². The van der Waals surface area contributed by atoms with Crippen LogP contribution in [0.15, 0.2) is 18.3 Å². The van der Waals surface area contributed by atoms with Gasteiger partial charge in [-0.15, -0.1) is 0 Å². The summed E-state index contributed by atoms with van der Waals surface area (Å²) in [6.07, 6.45) is 2.60. The smallest absolute Gasteiger partial charge is 0.293 e. The summed E-state index contributed by atoms with van der Waals surface area (Å²) in [5.74, 6) is 0. The first-order chi connectivity index (χ1) is 5.88. The van der Waals surface area contributed by atoms with Crippen molar-refractivity contribution >= 4 is 6.47 Å². The lowest BCUT2D eigenvalue weighted by Gasteiger charge is -2.03. The molecule has 0 atom stereocenters. The van der Waals surface area contributed by atoms with E-state index in [2.05, 4.69) is 9.72 Å². The van der Waals surface area contributed by atoms with E-state index < -0.39 is 0 Å². The van der Waals surface area contributed by atoms with Gasteiger partial charge in [0.2, 0.25) is 0 Å². The summed E-state index contributed by atoms with van der Waals surface area (Å²) in [5, 5.41) is 0. The van der Waals surface area contributed by atoms with Gasteiger partial charge in [-0.25, -0.2) is 0 Å². The molecule has 0 aliphatic heterocycles. The number of carbonyl (C=O) groups excluding carboxylic acids is 1. The minimum Gasteiger partial charge on any atom is -0.463 e. The summed E-state index contributed by atoms with van der Waals surface area (Å²) in [6.45, 7) is 2.79. The lowest BCUT2D eigenvalue weighted by molar-refractivity contribution is -0.129. The fourth-order valence-electron chi connectivity index (χ4n) is 1.04. The molecule has 3 nitrogen and oxygen atoms in total. The molecule has 1 rings (SSSR count). The van der Waals surface area contributed by atoms with E-state index >= 15 is 0 Å². The molecule has 0 aromatic carbocycles. The van der Waals surface area contributed by atoms with Crippen LogP contribution in [0.1, 0.15) is 18.2 Å². The molecule has 3 heteroatoms. The zero-order valence-corrected chi connectivity index (χ0v) is 6.99. The molecule has 0 radical (unpaired) electrons. The Morgan fingerprint density at radius 2 is 2.50 bits per heavy atom. The maximum atomic E-state index is 9.94. The molecule has 0 aliphatic rings. The molecule has 0 unspecified atom stereocenters. The molecule has 0 amide bonds. The second-order valence-corrected chi connectivity index (χ2v) is 2.37. The van der Waals surface area contributed by atoms with Gasteiger partial charge in [0.05, 0.1) is 0 Å². The van der Waals surface area contributed by atoms with E-state index in [1.807, 2.05) is 19.1 Å². The van der Waals surface area contributed by atoms with Crippen molar-refractivity contribution < 1.29 is 9.53 Å². The number of rotatable bonds is 4. The number of hydrogen-bond donors (Lipinski definition) is 0. The molecule has 0 saturated carbocycles. The maximum Gasteiger partial charge on any atom is 0.293 e. The molecule has 0 aliphatic carbocycles. The molecule has 0 bridgehead atoms. The van der Waals surface area contributed by atoms with Crippen molar-refractivity contribution in [3.8, 4) is 0 Å². The van der Waals surface area contributed by atoms with Crippen molar-refractivity contribution in [2.45, 2.75) is 20.0 Å². The molecule has 0 N–H and O–H groups in total. The predicted molar refractivity (Wildman–Crippen MR) is 44.5 cm³/mol. The Morgan fingerprint density at radius 1 is 1.67 bits per heavy atom. The van der Waals surface area contributed by atoms with E-state index in [9.17, 15) is 4.79 Å². The van der Waals surface area contributed by atoms with E-state index in [1.165, 1.54) is 0 Å². The molecular weight excluding hydrogens is 154 g/mol. The van der Waals surface area contributed by atoms with Gasteiger partial charge in [0.25, 0.3) is 6.47 Å². The van der Waals surface area contributed by atoms with Gasteiger partial charge in [0.15, 0.2) is 0 Å². The fraction of sp³-hybridized carbons (Fsp3) is 0.333. The molecule has 0 fully saturated rings. The van der Waals surface area contributed by atoms with Gasteiger partial charge in [-0.05, 0) is 12.5 Å². The van der Waals surface area contributed by atoms with Gasteiger partial charge in [-0.2, -0.15) is 0 Å². The number of aromatic nitrogens is 1. The van der Waals surface area contributed by atoms with Crippen molar-refractivity contribution in [1.29, 1.82) is 0 Å². The van der Waals surface area contributed by atoms with E-state index in [4.69, 9.17) is 0 Å². The summed E-state index contributed by atoms with van der Waals surface area (Å²) in [4.78, 5) is 14.1. The standard InChI is InChI=1S/C9H11NO2/c1-2-9-8(6-12-7-11)4-3-5-10-9/h3-5,7H,2,6H2,1H3. The summed E-state index contributed by atoms with van der Waals surface area (Å²) in [6, 6.07) is 3.75. The number of aryl methyl sites for hydroxylation is 1. The van der Waals surface area contributed by atoms with Crippen LogP contribution in [0.4, 0.5) is 0 Å². The third-order valence-corrected chi connectivity index (χ3v) is 1.63. The van der Waals surface area contributed by atoms with Crippen molar-refractivity contribution in [2.75, 3.05) is 0 Å². The van der Waals surface area contributed by atoms with Crippen molar-refractivity contribution in [3.63, 3.8) is 0 Å². The topological polar surface area (TPSA) is 39.2 Å². The molecule has 1 aromatic rings. The average molecular weight is 165 g/mol. The second-order valence-electron chi connectivity index (χ2n) is 2.37. The van der Waals surface area contributed by atoms with Crippen LogP contribution in [0, 0.1) is 0 Å². The predicted octanol–water partition coefficient (Wildman–Crippen LogP) is 1.32. The van der Waals surface area contributed by atoms with Gasteiger partial charge < -0.3 is 4.74 Å². The van der Waals surface area contributed by atoms with Crippen LogP contribution in [0.2, 0.25) is 0 Å². The maximum absolute atomic E-state index is 9.94. The summed E-state index contributed by atoms with van der Waals surface area (Å²) < 4.78 is 4.64. The van der Waals surface area contributed by atoms with Crippen LogP contribution in [0.5, 0.6) is 0 Å². The van der Waals surface area contributed by atoms with E-state index in [0.29, 0.717) is 13.1 Å². The van der Waals surface area contributed by atoms with Crippen LogP contribution in [0.25, 0.3) is 0 Å². The molecular formula is C9H11NO2. The lowest BCUT2D eigenvalue weighted by Crippen LogP contribution is -1.97. The van der Waals surface area contributed by atoms with Crippen LogP contribution < -0.4 is 0 Å². The Labute approximate surface area is 71.4 Å². The normalized spacial score (nSPS) is 9.42. The highest BCUT2D eigenvalue weighted by molar-refractivity contribution is 5.37. The summed E-state index contributed by atoms with van der Waals surface area (Å²) >= 11 is 0. The monoisotopic (exact) mass is 165 g/mol. The van der Waals surface area contributed by atoms with Crippen LogP contribution in [0.3, 0.4) is 0 Å². The van der Waals surface area contributed by atoms with Gasteiger partial charge in [-0.1, -0.05) is 13.0 Å². The molecule has 1 heterocycles. The molecule has 0 spiro atoms. The Bertz CT molecular complexity index is 260. The lowest BCUT2D eigenvalue weighted by atomic mass is 10.2. The van der Waals surface area contributed by atoms with Crippen molar-refractivity contribution in [2.24, 2.45) is 0 Å². The van der Waals surface area contributed by atoms with E-state index in [1.54, 1.807) is 6.20 Å². The number of ether oxygens (including phenoxy) is 1. The Kier molecular flexibility index (Phi) is 3.26. The highest BCUT2D eigenvalue weighted by atomic mass is 16.5. The minimum absolute atomic E-state index is 0.320. The zero-order valence-electron chi connectivity index (χ0n) is 6.99. The molecule has 64 valence electrons. The van der Waals surface area contributed by atoms with Crippen LogP contribution >= 0.6 is 0 Å². The summed E-state index contributed by atoms with van der Waals surface area (Å²) in [5.41, 5.74) is 1.96. The van der Waals surface area contributed by atoms with Gasteiger partial charge in [-0.3, -0.25) is 9.78 Å². The zero-order chi connectivity index (χ0) is 8.81. The third kappa shape index (κ3) is 2.05. The highest BCUT2D eigenvalue weighted by Crippen LogP contribution is 2.06. The Balaban J connectivity index is 2.74. The summed E-state index contributed by atoms with van der Waals surface area (Å²) in [7, 11) is 0. The number of nitrogens with zero attached hydrogens (tertiary/aromatic N) is 1. The van der Waals surface area contributed by atoms with Crippen molar-refractivity contribution in [3.05, 3.63) is 29.6 Å².